The number of nitrogens with one attached hydrogen (secondary N) is 1. The molecule has 3 aromatic rings. The number of amides is 2. The molecule has 5 nitrogen and oxygen atoms in total. The van der Waals surface area contributed by atoms with Gasteiger partial charge in [0.1, 0.15) is 5.65 Å². The Labute approximate surface area is 164 Å². The second-order valence-corrected chi connectivity index (χ2v) is 8.29. The highest BCUT2D eigenvalue weighted by atomic mass is 32.1. The van der Waals surface area contributed by atoms with E-state index in [2.05, 4.69) is 45.2 Å². The predicted molar refractivity (Wildman–Crippen MR) is 109 cm³/mol. The van der Waals surface area contributed by atoms with Gasteiger partial charge in [0.2, 0.25) is 0 Å². The lowest BCUT2D eigenvalue weighted by atomic mass is 9.98. The number of urea groups is 1. The number of piperidine rings is 1. The van der Waals surface area contributed by atoms with E-state index in [1.807, 2.05) is 23.4 Å². The lowest BCUT2D eigenvalue weighted by Crippen LogP contribution is -2.48. The van der Waals surface area contributed by atoms with Gasteiger partial charge in [-0.1, -0.05) is 12.1 Å². The maximum Gasteiger partial charge on any atom is 0.317 e. The average molecular weight is 383 g/mol. The zero-order chi connectivity index (χ0) is 18.6. The van der Waals surface area contributed by atoms with Crippen LogP contribution in [0.3, 0.4) is 0 Å². The number of fused-ring (bicyclic) bond motifs is 1. The molecule has 1 aliphatic rings. The topological polar surface area (TPSA) is 49.6 Å². The average Bonchev–Trinajstić information content (AvgIpc) is 3.35. The molecule has 1 fully saturated rings. The number of pyridine rings is 1. The number of aromatic nitrogens is 2. The Morgan fingerprint density at radius 2 is 2.26 bits per heavy atom. The Kier molecular flexibility index (Phi) is 5.43. The van der Waals surface area contributed by atoms with Gasteiger partial charge in [0.15, 0.2) is 0 Å². The Morgan fingerprint density at radius 1 is 1.33 bits per heavy atom. The molecule has 4 rings (SSSR count). The van der Waals surface area contributed by atoms with Gasteiger partial charge >= 0.3 is 6.03 Å². The first-order chi connectivity index (χ1) is 13.2. The van der Waals surface area contributed by atoms with Crippen LogP contribution in [-0.2, 0) is 13.0 Å². The van der Waals surface area contributed by atoms with E-state index >= 15 is 0 Å². The van der Waals surface area contributed by atoms with Crippen LogP contribution in [0.1, 0.15) is 41.8 Å². The molecule has 4 heterocycles. The highest BCUT2D eigenvalue weighted by Gasteiger charge is 2.26. The molecule has 1 atom stereocenters. The second kappa shape index (κ2) is 8.13. The van der Waals surface area contributed by atoms with Crippen LogP contribution in [0, 0.1) is 6.92 Å². The van der Waals surface area contributed by atoms with Gasteiger partial charge in [0, 0.05) is 23.7 Å². The summed E-state index contributed by atoms with van der Waals surface area (Å²) in [7, 11) is 0. The van der Waals surface area contributed by atoms with Crippen LogP contribution in [0.15, 0.2) is 42.0 Å². The van der Waals surface area contributed by atoms with Crippen LogP contribution in [-0.4, -0.2) is 32.9 Å². The minimum absolute atomic E-state index is 0.0495. The number of hydrogen-bond donors (Lipinski definition) is 1. The van der Waals surface area contributed by atoms with Crippen molar-refractivity contribution in [2.24, 2.45) is 0 Å². The second-order valence-electron chi connectivity index (χ2n) is 7.25. The van der Waals surface area contributed by atoms with Crippen molar-refractivity contribution in [1.29, 1.82) is 0 Å². The van der Waals surface area contributed by atoms with Crippen LogP contribution in [0.25, 0.3) is 5.65 Å². The number of aryl methyl sites for hydroxylation is 2. The van der Waals surface area contributed by atoms with Gasteiger partial charge in [0.25, 0.3) is 0 Å². The summed E-state index contributed by atoms with van der Waals surface area (Å²) in [5.74, 6) is 0. The van der Waals surface area contributed by atoms with Crippen molar-refractivity contribution < 1.29 is 4.79 Å². The van der Waals surface area contributed by atoms with E-state index in [1.54, 1.807) is 11.3 Å². The molecule has 0 aliphatic carbocycles. The van der Waals surface area contributed by atoms with Crippen molar-refractivity contribution in [2.45, 2.75) is 51.6 Å². The van der Waals surface area contributed by atoms with Crippen molar-refractivity contribution in [2.75, 3.05) is 6.54 Å². The molecule has 1 saturated heterocycles. The quantitative estimate of drug-likeness (QED) is 0.711. The van der Waals surface area contributed by atoms with Gasteiger partial charge in [0.05, 0.1) is 18.4 Å². The molecule has 1 aliphatic heterocycles. The van der Waals surface area contributed by atoms with E-state index in [1.165, 1.54) is 11.3 Å². The van der Waals surface area contributed by atoms with E-state index in [0.717, 1.165) is 49.1 Å². The molecular formula is C21H26N4OS. The third-order valence-electron chi connectivity index (χ3n) is 5.42. The van der Waals surface area contributed by atoms with Crippen molar-refractivity contribution in [3.63, 3.8) is 0 Å². The highest BCUT2D eigenvalue weighted by Crippen LogP contribution is 2.23. The minimum atomic E-state index is 0.0495. The zero-order valence-electron chi connectivity index (χ0n) is 15.7. The first-order valence-electron chi connectivity index (χ1n) is 9.71. The van der Waals surface area contributed by atoms with Crippen molar-refractivity contribution >= 4 is 23.0 Å². The normalized spacial score (nSPS) is 17.4. The van der Waals surface area contributed by atoms with Crippen molar-refractivity contribution in [1.82, 2.24) is 19.6 Å². The smallest absolute Gasteiger partial charge is 0.317 e. The van der Waals surface area contributed by atoms with Gasteiger partial charge in [-0.25, -0.2) is 9.78 Å². The van der Waals surface area contributed by atoms with Crippen molar-refractivity contribution in [3.8, 4) is 0 Å². The third-order valence-corrected chi connectivity index (χ3v) is 6.36. The molecule has 6 heteroatoms. The number of rotatable bonds is 5. The number of nitrogens with zero attached hydrogens (tertiary/aromatic N) is 3. The predicted octanol–water partition coefficient (Wildman–Crippen LogP) is 4.40. The fourth-order valence-corrected chi connectivity index (χ4v) is 4.66. The summed E-state index contributed by atoms with van der Waals surface area (Å²) in [6.07, 6.45) is 9.37. The van der Waals surface area contributed by atoms with Crippen LogP contribution in [0.5, 0.6) is 0 Å². The molecule has 0 saturated carbocycles. The largest absolute Gasteiger partial charge is 0.332 e. The van der Waals surface area contributed by atoms with Gasteiger partial charge in [-0.2, -0.15) is 0 Å². The number of imidazole rings is 1. The SMILES string of the molecule is Cc1cccn2c(CNC(=O)N3CCCC[C@@H]3CCc3cccs3)cnc12. The molecule has 0 spiro atoms. The van der Waals surface area contributed by atoms with Crippen LogP contribution in [0.4, 0.5) is 4.79 Å². The molecule has 0 aromatic carbocycles. The maximum atomic E-state index is 12.9. The van der Waals surface area contributed by atoms with E-state index in [4.69, 9.17) is 0 Å². The van der Waals surface area contributed by atoms with E-state index < -0.39 is 0 Å². The van der Waals surface area contributed by atoms with E-state index in [0.29, 0.717) is 12.6 Å². The Balaban J connectivity index is 1.38. The van der Waals surface area contributed by atoms with Gasteiger partial charge in [-0.3, -0.25) is 0 Å². The highest BCUT2D eigenvalue weighted by molar-refractivity contribution is 7.09. The number of carbonyl (C=O) groups excluding carboxylic acids is 1. The molecule has 0 unspecified atom stereocenters. The van der Waals surface area contributed by atoms with Gasteiger partial charge in [-0.15, -0.1) is 11.3 Å². The monoisotopic (exact) mass is 382 g/mol. The van der Waals surface area contributed by atoms with Gasteiger partial charge in [-0.05, 0) is 62.1 Å². The molecule has 27 heavy (non-hydrogen) atoms. The summed E-state index contributed by atoms with van der Waals surface area (Å²) >= 11 is 1.80. The number of thiophene rings is 1. The Morgan fingerprint density at radius 3 is 3.11 bits per heavy atom. The molecule has 0 radical (unpaired) electrons. The Hall–Kier alpha value is -2.34. The summed E-state index contributed by atoms with van der Waals surface area (Å²) in [5, 5.41) is 5.24. The lowest BCUT2D eigenvalue weighted by Gasteiger charge is -2.35. The number of hydrogen-bond acceptors (Lipinski definition) is 3. The molecule has 142 valence electrons. The first-order valence-corrected chi connectivity index (χ1v) is 10.6. The Bertz CT molecular complexity index is 902. The summed E-state index contributed by atoms with van der Waals surface area (Å²) in [4.78, 5) is 20.8. The summed E-state index contributed by atoms with van der Waals surface area (Å²) in [6, 6.07) is 8.74. The third kappa shape index (κ3) is 4.00. The zero-order valence-corrected chi connectivity index (χ0v) is 16.5. The van der Waals surface area contributed by atoms with E-state index in [9.17, 15) is 4.79 Å². The van der Waals surface area contributed by atoms with Gasteiger partial charge < -0.3 is 14.6 Å². The molecule has 0 bridgehead atoms. The van der Waals surface area contributed by atoms with Crippen LogP contribution < -0.4 is 5.32 Å². The molecule has 1 N–H and O–H groups in total. The van der Waals surface area contributed by atoms with Crippen molar-refractivity contribution in [3.05, 3.63) is 58.2 Å². The number of likely N-dealkylation sites (tertiary alicyclic amines) is 1. The fraction of sp³-hybridized carbons (Fsp3) is 0.429. The fourth-order valence-electron chi connectivity index (χ4n) is 3.93. The standard InChI is InChI=1S/C21H26N4OS/c1-16-6-4-12-24-18(14-22-20(16)24)15-23-21(26)25-11-3-2-7-17(25)9-10-19-8-5-13-27-19/h4-6,8,12-14,17H,2-3,7,9-11,15H2,1H3,(H,23,26)/t17-/m1/s1. The molecule has 2 amide bonds. The van der Waals surface area contributed by atoms with Crippen LogP contribution >= 0.6 is 11.3 Å². The maximum absolute atomic E-state index is 12.9. The van der Waals surface area contributed by atoms with E-state index in [-0.39, 0.29) is 6.03 Å². The van der Waals surface area contributed by atoms with Crippen LogP contribution in [0.2, 0.25) is 0 Å². The molecule has 3 aromatic heterocycles. The summed E-state index contributed by atoms with van der Waals surface area (Å²) in [5.41, 5.74) is 3.10. The molecular weight excluding hydrogens is 356 g/mol. The minimum Gasteiger partial charge on any atom is -0.332 e. The summed E-state index contributed by atoms with van der Waals surface area (Å²) < 4.78 is 2.06. The lowest BCUT2D eigenvalue weighted by molar-refractivity contribution is 0.146. The number of carbonyl (C=O) groups is 1. The summed E-state index contributed by atoms with van der Waals surface area (Å²) in [6.45, 7) is 3.40. The first kappa shape index (κ1) is 18.0.